The minimum atomic E-state index is -0.254. The molecule has 0 bridgehead atoms. The summed E-state index contributed by atoms with van der Waals surface area (Å²) in [6.07, 6.45) is 1.55. The Morgan fingerprint density at radius 1 is 1.23 bits per heavy atom. The maximum atomic E-state index is 12.2. The summed E-state index contributed by atoms with van der Waals surface area (Å²) in [5.74, 6) is 1.58. The van der Waals surface area contributed by atoms with E-state index >= 15 is 0 Å². The molecule has 0 saturated carbocycles. The van der Waals surface area contributed by atoms with Gasteiger partial charge in [-0.25, -0.2) is 4.98 Å². The SMILES string of the molecule is O=C(Nc1ccc(NCCO)nc1)c1ccc2c(c1)OCO2. The number of hydrogen-bond donors (Lipinski definition) is 3. The van der Waals surface area contributed by atoms with Crippen molar-refractivity contribution in [1.29, 1.82) is 0 Å². The smallest absolute Gasteiger partial charge is 0.255 e. The first-order valence-electron chi connectivity index (χ1n) is 6.78. The lowest BCUT2D eigenvalue weighted by molar-refractivity contribution is 0.102. The van der Waals surface area contributed by atoms with E-state index < -0.39 is 0 Å². The van der Waals surface area contributed by atoms with E-state index in [-0.39, 0.29) is 19.3 Å². The number of benzene rings is 1. The molecule has 1 amide bonds. The van der Waals surface area contributed by atoms with Crippen LogP contribution in [0.1, 0.15) is 10.4 Å². The lowest BCUT2D eigenvalue weighted by atomic mass is 10.2. The number of anilines is 2. The molecule has 22 heavy (non-hydrogen) atoms. The van der Waals surface area contributed by atoms with Gasteiger partial charge in [0.15, 0.2) is 11.5 Å². The van der Waals surface area contributed by atoms with Crippen LogP contribution in [-0.2, 0) is 0 Å². The zero-order chi connectivity index (χ0) is 15.4. The van der Waals surface area contributed by atoms with Gasteiger partial charge < -0.3 is 25.2 Å². The maximum absolute atomic E-state index is 12.2. The fraction of sp³-hybridized carbons (Fsp3) is 0.200. The molecule has 3 N–H and O–H groups in total. The van der Waals surface area contributed by atoms with E-state index in [0.29, 0.717) is 35.1 Å². The monoisotopic (exact) mass is 301 g/mol. The van der Waals surface area contributed by atoms with Crippen molar-refractivity contribution in [3.05, 3.63) is 42.1 Å². The number of carbonyl (C=O) groups excluding carboxylic acids is 1. The number of aromatic nitrogens is 1. The molecule has 7 nitrogen and oxygen atoms in total. The van der Waals surface area contributed by atoms with Crippen LogP contribution in [-0.4, -0.2) is 35.9 Å². The van der Waals surface area contributed by atoms with Crippen molar-refractivity contribution in [1.82, 2.24) is 4.98 Å². The summed E-state index contributed by atoms with van der Waals surface area (Å²) >= 11 is 0. The Kier molecular flexibility index (Phi) is 4.06. The second-order valence-electron chi connectivity index (χ2n) is 4.60. The van der Waals surface area contributed by atoms with Gasteiger partial charge in [0, 0.05) is 12.1 Å². The van der Waals surface area contributed by atoms with Gasteiger partial charge in [0.1, 0.15) is 5.82 Å². The number of amides is 1. The number of nitrogens with one attached hydrogen (secondary N) is 2. The summed E-state index contributed by atoms with van der Waals surface area (Å²) in [4.78, 5) is 16.3. The number of pyridine rings is 1. The van der Waals surface area contributed by atoms with Crippen LogP contribution < -0.4 is 20.1 Å². The fourth-order valence-electron chi connectivity index (χ4n) is 2.00. The molecular weight excluding hydrogens is 286 g/mol. The third-order valence-electron chi connectivity index (χ3n) is 3.07. The van der Waals surface area contributed by atoms with Crippen molar-refractivity contribution in [2.75, 3.05) is 30.6 Å². The zero-order valence-corrected chi connectivity index (χ0v) is 11.7. The number of aliphatic hydroxyl groups excluding tert-OH is 1. The fourth-order valence-corrected chi connectivity index (χ4v) is 2.00. The lowest BCUT2D eigenvalue weighted by Gasteiger charge is -2.07. The first kappa shape index (κ1) is 14.2. The number of aliphatic hydroxyl groups is 1. The molecule has 114 valence electrons. The number of rotatable bonds is 5. The quantitative estimate of drug-likeness (QED) is 0.774. The molecule has 0 unspecified atom stereocenters. The molecule has 1 aromatic carbocycles. The van der Waals surface area contributed by atoms with Gasteiger partial charge in [0.05, 0.1) is 18.5 Å². The van der Waals surface area contributed by atoms with Crippen molar-refractivity contribution in [3.8, 4) is 11.5 Å². The second kappa shape index (κ2) is 6.31. The minimum Gasteiger partial charge on any atom is -0.454 e. The molecule has 1 aliphatic heterocycles. The summed E-state index contributed by atoms with van der Waals surface area (Å²) in [7, 11) is 0. The molecule has 2 aromatic rings. The van der Waals surface area contributed by atoms with Crippen molar-refractivity contribution in [2.24, 2.45) is 0 Å². The minimum absolute atomic E-state index is 0.0320. The molecule has 0 spiro atoms. The molecule has 0 aliphatic carbocycles. The average Bonchev–Trinajstić information content (AvgIpc) is 3.01. The Hall–Kier alpha value is -2.80. The number of carbonyl (C=O) groups is 1. The Balaban J connectivity index is 1.66. The van der Waals surface area contributed by atoms with Crippen LogP contribution in [0.2, 0.25) is 0 Å². The number of fused-ring (bicyclic) bond motifs is 1. The Bertz CT molecular complexity index is 673. The first-order valence-corrected chi connectivity index (χ1v) is 6.78. The predicted molar refractivity (Wildman–Crippen MR) is 80.3 cm³/mol. The molecule has 0 radical (unpaired) electrons. The van der Waals surface area contributed by atoms with Gasteiger partial charge in [0.2, 0.25) is 6.79 Å². The molecule has 1 aromatic heterocycles. The van der Waals surface area contributed by atoms with Crippen LogP contribution in [0.3, 0.4) is 0 Å². The zero-order valence-electron chi connectivity index (χ0n) is 11.7. The highest BCUT2D eigenvalue weighted by Crippen LogP contribution is 2.32. The maximum Gasteiger partial charge on any atom is 0.255 e. The number of ether oxygens (including phenoxy) is 2. The predicted octanol–water partition coefficient (Wildman–Crippen LogP) is 1.47. The molecule has 0 atom stereocenters. The number of hydrogen-bond acceptors (Lipinski definition) is 6. The summed E-state index contributed by atoms with van der Waals surface area (Å²) in [5.41, 5.74) is 1.06. The van der Waals surface area contributed by atoms with E-state index in [1.807, 2.05) is 0 Å². The van der Waals surface area contributed by atoms with E-state index in [1.54, 1.807) is 36.5 Å². The van der Waals surface area contributed by atoms with Gasteiger partial charge in [-0.1, -0.05) is 0 Å². The highest BCUT2D eigenvalue weighted by atomic mass is 16.7. The highest BCUT2D eigenvalue weighted by Gasteiger charge is 2.16. The van der Waals surface area contributed by atoms with E-state index in [0.717, 1.165) is 0 Å². The van der Waals surface area contributed by atoms with Crippen LogP contribution in [0, 0.1) is 0 Å². The molecule has 1 aliphatic rings. The van der Waals surface area contributed by atoms with Crippen molar-refractivity contribution >= 4 is 17.4 Å². The van der Waals surface area contributed by atoms with Crippen molar-refractivity contribution < 1.29 is 19.4 Å². The molecule has 3 rings (SSSR count). The van der Waals surface area contributed by atoms with Gasteiger partial charge in [-0.2, -0.15) is 0 Å². The van der Waals surface area contributed by atoms with Gasteiger partial charge in [-0.3, -0.25) is 4.79 Å². The molecule has 7 heteroatoms. The van der Waals surface area contributed by atoms with E-state index in [9.17, 15) is 4.79 Å². The molecule has 0 saturated heterocycles. The van der Waals surface area contributed by atoms with Gasteiger partial charge in [-0.05, 0) is 30.3 Å². The molecule has 0 fully saturated rings. The summed E-state index contributed by atoms with van der Waals surface area (Å²) in [6.45, 7) is 0.632. The van der Waals surface area contributed by atoms with Crippen LogP contribution >= 0.6 is 0 Å². The normalized spacial score (nSPS) is 12.0. The largest absolute Gasteiger partial charge is 0.454 e. The second-order valence-corrected chi connectivity index (χ2v) is 4.60. The Labute approximate surface area is 126 Å². The van der Waals surface area contributed by atoms with Gasteiger partial charge in [0.25, 0.3) is 5.91 Å². The average molecular weight is 301 g/mol. The van der Waals surface area contributed by atoms with Crippen LogP contribution in [0.25, 0.3) is 0 Å². The summed E-state index contributed by atoms with van der Waals surface area (Å²) < 4.78 is 10.5. The van der Waals surface area contributed by atoms with Crippen molar-refractivity contribution in [3.63, 3.8) is 0 Å². The molecular formula is C15H15N3O4. The summed E-state index contributed by atoms with van der Waals surface area (Å²) in [5, 5.41) is 14.4. The van der Waals surface area contributed by atoms with Gasteiger partial charge in [-0.15, -0.1) is 0 Å². The molecule has 2 heterocycles. The first-order chi connectivity index (χ1) is 10.8. The highest BCUT2D eigenvalue weighted by molar-refractivity contribution is 6.04. The Morgan fingerprint density at radius 3 is 2.86 bits per heavy atom. The van der Waals surface area contributed by atoms with Crippen LogP contribution in [0.4, 0.5) is 11.5 Å². The third kappa shape index (κ3) is 3.09. The van der Waals surface area contributed by atoms with E-state index in [4.69, 9.17) is 14.6 Å². The van der Waals surface area contributed by atoms with Crippen molar-refractivity contribution in [2.45, 2.75) is 0 Å². The van der Waals surface area contributed by atoms with Crippen LogP contribution in [0.5, 0.6) is 11.5 Å². The lowest BCUT2D eigenvalue weighted by Crippen LogP contribution is -2.12. The topological polar surface area (TPSA) is 92.7 Å². The third-order valence-corrected chi connectivity index (χ3v) is 3.07. The van der Waals surface area contributed by atoms with E-state index in [1.165, 1.54) is 0 Å². The van der Waals surface area contributed by atoms with Gasteiger partial charge >= 0.3 is 0 Å². The van der Waals surface area contributed by atoms with Crippen LogP contribution in [0.15, 0.2) is 36.5 Å². The Morgan fingerprint density at radius 2 is 2.09 bits per heavy atom. The van der Waals surface area contributed by atoms with E-state index in [2.05, 4.69) is 15.6 Å². The number of nitrogens with zero attached hydrogens (tertiary/aromatic N) is 1. The summed E-state index contributed by atoms with van der Waals surface area (Å²) in [6, 6.07) is 8.48. The standard InChI is InChI=1S/C15H15N3O4/c19-6-5-16-14-4-2-11(8-17-14)18-15(20)10-1-3-12-13(7-10)22-9-21-12/h1-4,7-8,19H,5-6,9H2,(H,16,17)(H,18,20).